The quantitative estimate of drug-likeness (QED) is 0.774. The van der Waals surface area contributed by atoms with Gasteiger partial charge in [0.15, 0.2) is 0 Å². The maximum absolute atomic E-state index is 12.2. The van der Waals surface area contributed by atoms with Crippen molar-refractivity contribution in [3.63, 3.8) is 0 Å². The Kier molecular flexibility index (Phi) is 4.17. The SMILES string of the molecule is Cc1cccc2cc(CNC(=O)c3cccc(Cl)c3)c(=O)[nH]c12. The molecule has 1 amide bonds. The molecule has 0 fully saturated rings. The van der Waals surface area contributed by atoms with Crippen LogP contribution in [0.3, 0.4) is 0 Å². The number of hydrogen-bond acceptors (Lipinski definition) is 2. The molecule has 0 atom stereocenters. The monoisotopic (exact) mass is 326 g/mol. The molecule has 5 heteroatoms. The zero-order valence-electron chi connectivity index (χ0n) is 12.5. The van der Waals surface area contributed by atoms with Crippen LogP contribution in [0.1, 0.15) is 21.5 Å². The van der Waals surface area contributed by atoms with Crippen LogP contribution in [-0.4, -0.2) is 10.9 Å². The van der Waals surface area contributed by atoms with Gasteiger partial charge in [-0.05, 0) is 42.1 Å². The van der Waals surface area contributed by atoms with E-state index in [-0.39, 0.29) is 18.0 Å². The fourth-order valence-corrected chi connectivity index (χ4v) is 2.66. The Balaban J connectivity index is 1.83. The smallest absolute Gasteiger partial charge is 0.253 e. The molecular formula is C18H15ClN2O2. The van der Waals surface area contributed by atoms with Gasteiger partial charge in [0.25, 0.3) is 11.5 Å². The number of carbonyl (C=O) groups is 1. The van der Waals surface area contributed by atoms with Crippen molar-refractivity contribution in [3.05, 3.63) is 80.6 Å². The second-order valence-electron chi connectivity index (χ2n) is 5.36. The second-order valence-corrected chi connectivity index (χ2v) is 5.79. The van der Waals surface area contributed by atoms with E-state index in [9.17, 15) is 9.59 Å². The van der Waals surface area contributed by atoms with E-state index in [0.29, 0.717) is 16.1 Å². The maximum Gasteiger partial charge on any atom is 0.253 e. The lowest BCUT2D eigenvalue weighted by atomic mass is 10.1. The van der Waals surface area contributed by atoms with Gasteiger partial charge < -0.3 is 10.3 Å². The van der Waals surface area contributed by atoms with E-state index < -0.39 is 0 Å². The minimum absolute atomic E-state index is 0.157. The number of aromatic amines is 1. The molecule has 0 aliphatic carbocycles. The number of para-hydroxylation sites is 1. The van der Waals surface area contributed by atoms with Crippen LogP contribution in [0.15, 0.2) is 53.3 Å². The fraction of sp³-hybridized carbons (Fsp3) is 0.111. The van der Waals surface area contributed by atoms with E-state index in [1.165, 1.54) is 0 Å². The number of H-pyrrole nitrogens is 1. The van der Waals surface area contributed by atoms with E-state index >= 15 is 0 Å². The summed E-state index contributed by atoms with van der Waals surface area (Å²) in [6.45, 7) is 2.10. The number of halogens is 1. The highest BCUT2D eigenvalue weighted by Crippen LogP contribution is 2.15. The van der Waals surface area contributed by atoms with Crippen molar-refractivity contribution in [3.8, 4) is 0 Å². The number of amides is 1. The highest BCUT2D eigenvalue weighted by molar-refractivity contribution is 6.30. The molecule has 3 rings (SSSR count). The van der Waals surface area contributed by atoms with Gasteiger partial charge in [0.05, 0.1) is 5.52 Å². The van der Waals surface area contributed by atoms with Gasteiger partial charge in [-0.1, -0.05) is 35.9 Å². The molecule has 0 aliphatic rings. The van der Waals surface area contributed by atoms with E-state index in [1.54, 1.807) is 30.3 Å². The first-order valence-corrected chi connectivity index (χ1v) is 7.58. The topological polar surface area (TPSA) is 62.0 Å². The van der Waals surface area contributed by atoms with Crippen LogP contribution in [0.5, 0.6) is 0 Å². The van der Waals surface area contributed by atoms with Crippen molar-refractivity contribution >= 4 is 28.4 Å². The third-order valence-electron chi connectivity index (χ3n) is 3.69. The highest BCUT2D eigenvalue weighted by atomic mass is 35.5. The van der Waals surface area contributed by atoms with Gasteiger partial charge in [-0.25, -0.2) is 0 Å². The molecule has 0 spiro atoms. The molecule has 2 N–H and O–H groups in total. The number of nitrogens with one attached hydrogen (secondary N) is 2. The zero-order chi connectivity index (χ0) is 16.4. The third kappa shape index (κ3) is 3.27. The first-order chi connectivity index (χ1) is 11.0. The Morgan fingerprint density at radius 2 is 1.96 bits per heavy atom. The summed E-state index contributed by atoms with van der Waals surface area (Å²) < 4.78 is 0. The molecule has 0 aliphatic heterocycles. The summed E-state index contributed by atoms with van der Waals surface area (Å²) in [5.74, 6) is -0.267. The first kappa shape index (κ1) is 15.3. The number of rotatable bonds is 3. The van der Waals surface area contributed by atoms with Crippen LogP contribution >= 0.6 is 11.6 Å². The second kappa shape index (κ2) is 6.26. The van der Waals surface area contributed by atoms with Crippen LogP contribution in [0.25, 0.3) is 10.9 Å². The van der Waals surface area contributed by atoms with E-state index in [0.717, 1.165) is 16.5 Å². The lowest BCUT2D eigenvalue weighted by Crippen LogP contribution is -2.26. The van der Waals surface area contributed by atoms with Gasteiger partial charge in [-0.15, -0.1) is 0 Å². The average molecular weight is 327 g/mol. The van der Waals surface area contributed by atoms with Crippen LogP contribution in [0, 0.1) is 6.92 Å². The van der Waals surface area contributed by atoms with Crippen molar-refractivity contribution < 1.29 is 4.79 Å². The molecule has 0 unspecified atom stereocenters. The molecule has 2 aromatic carbocycles. The van der Waals surface area contributed by atoms with Crippen molar-refractivity contribution in [2.45, 2.75) is 13.5 Å². The number of benzene rings is 2. The molecule has 23 heavy (non-hydrogen) atoms. The Labute approximate surface area is 138 Å². The lowest BCUT2D eigenvalue weighted by Gasteiger charge is -2.07. The number of aromatic nitrogens is 1. The molecule has 1 heterocycles. The zero-order valence-corrected chi connectivity index (χ0v) is 13.3. The fourth-order valence-electron chi connectivity index (χ4n) is 2.47. The van der Waals surface area contributed by atoms with Gasteiger partial charge in [0.2, 0.25) is 0 Å². The maximum atomic E-state index is 12.2. The highest BCUT2D eigenvalue weighted by Gasteiger charge is 2.08. The number of aryl methyl sites for hydroxylation is 1. The van der Waals surface area contributed by atoms with Crippen molar-refractivity contribution in [1.82, 2.24) is 10.3 Å². The number of hydrogen-bond donors (Lipinski definition) is 2. The average Bonchev–Trinajstić information content (AvgIpc) is 2.53. The Bertz CT molecular complexity index is 947. The van der Waals surface area contributed by atoms with E-state index in [2.05, 4.69) is 10.3 Å². The Hall–Kier alpha value is -2.59. The number of fused-ring (bicyclic) bond motifs is 1. The molecule has 0 bridgehead atoms. The molecule has 0 saturated carbocycles. The van der Waals surface area contributed by atoms with Crippen LogP contribution in [0.2, 0.25) is 5.02 Å². The molecule has 3 aromatic rings. The largest absolute Gasteiger partial charge is 0.348 e. The third-order valence-corrected chi connectivity index (χ3v) is 3.93. The van der Waals surface area contributed by atoms with Crippen molar-refractivity contribution in [1.29, 1.82) is 0 Å². The number of pyridine rings is 1. The predicted molar refractivity (Wildman–Crippen MR) is 91.9 cm³/mol. The summed E-state index contributed by atoms with van der Waals surface area (Å²) in [4.78, 5) is 27.1. The van der Waals surface area contributed by atoms with Gasteiger partial charge in [0.1, 0.15) is 0 Å². The minimum Gasteiger partial charge on any atom is -0.348 e. The van der Waals surface area contributed by atoms with Crippen LogP contribution < -0.4 is 10.9 Å². The minimum atomic E-state index is -0.267. The summed E-state index contributed by atoms with van der Waals surface area (Å²) >= 11 is 5.88. The van der Waals surface area contributed by atoms with Crippen molar-refractivity contribution in [2.24, 2.45) is 0 Å². The molecule has 0 radical (unpaired) electrons. The Morgan fingerprint density at radius 3 is 2.74 bits per heavy atom. The molecule has 4 nitrogen and oxygen atoms in total. The van der Waals surface area contributed by atoms with E-state index in [1.807, 2.05) is 25.1 Å². The summed E-state index contributed by atoms with van der Waals surface area (Å²) in [5, 5.41) is 4.18. The van der Waals surface area contributed by atoms with Gasteiger partial charge in [-0.3, -0.25) is 9.59 Å². The standard InChI is InChI=1S/C18H15ClN2O2/c1-11-4-2-5-12-8-14(18(23)21-16(11)12)10-20-17(22)13-6-3-7-15(19)9-13/h2-9H,10H2,1H3,(H,20,22)(H,21,23). The molecule has 0 saturated heterocycles. The van der Waals surface area contributed by atoms with Crippen molar-refractivity contribution in [2.75, 3.05) is 0 Å². The first-order valence-electron chi connectivity index (χ1n) is 7.20. The summed E-state index contributed by atoms with van der Waals surface area (Å²) in [5.41, 5.74) is 2.61. The van der Waals surface area contributed by atoms with Crippen LogP contribution in [0.4, 0.5) is 0 Å². The molecular weight excluding hydrogens is 312 g/mol. The summed E-state index contributed by atoms with van der Waals surface area (Å²) in [7, 11) is 0. The van der Waals surface area contributed by atoms with Crippen LogP contribution in [-0.2, 0) is 6.54 Å². The predicted octanol–water partition coefficient (Wildman–Crippen LogP) is 3.42. The molecule has 116 valence electrons. The molecule has 1 aromatic heterocycles. The lowest BCUT2D eigenvalue weighted by molar-refractivity contribution is 0.0951. The van der Waals surface area contributed by atoms with Gasteiger partial charge >= 0.3 is 0 Å². The summed E-state index contributed by atoms with van der Waals surface area (Å²) in [6, 6.07) is 14.3. The normalized spacial score (nSPS) is 10.7. The number of carbonyl (C=O) groups excluding carboxylic acids is 1. The van der Waals surface area contributed by atoms with Gasteiger partial charge in [-0.2, -0.15) is 0 Å². The van der Waals surface area contributed by atoms with Gasteiger partial charge in [0, 0.05) is 22.7 Å². The Morgan fingerprint density at radius 1 is 1.17 bits per heavy atom. The summed E-state index contributed by atoms with van der Waals surface area (Å²) in [6.07, 6.45) is 0. The van der Waals surface area contributed by atoms with E-state index in [4.69, 9.17) is 11.6 Å².